The summed E-state index contributed by atoms with van der Waals surface area (Å²) in [6.45, 7) is 4.00. The summed E-state index contributed by atoms with van der Waals surface area (Å²) in [4.78, 5) is 29.7. The average molecular weight is 458 g/mol. The monoisotopic (exact) mass is 457 g/mol. The van der Waals surface area contributed by atoms with Gasteiger partial charge in [-0.15, -0.1) is 0 Å². The van der Waals surface area contributed by atoms with Crippen molar-refractivity contribution in [1.29, 1.82) is 0 Å². The van der Waals surface area contributed by atoms with Crippen LogP contribution in [0.5, 0.6) is 5.75 Å². The lowest BCUT2D eigenvalue weighted by Gasteiger charge is -2.38. The SMILES string of the molecule is COc1ccc(S(=O)(=O)N2C(=O)CC[C@@H]2C(=O)N2CCN(c3ccccc3)CC2)cc1C. The molecule has 2 aliphatic heterocycles. The highest BCUT2D eigenvalue weighted by Crippen LogP contribution is 2.31. The number of benzene rings is 2. The molecule has 2 fully saturated rings. The summed E-state index contributed by atoms with van der Waals surface area (Å²) < 4.78 is 32.6. The Bertz CT molecular complexity index is 1110. The zero-order valence-corrected chi connectivity index (χ0v) is 19.0. The molecule has 0 N–H and O–H groups in total. The Morgan fingerprint density at radius 2 is 1.72 bits per heavy atom. The molecule has 8 nitrogen and oxygen atoms in total. The van der Waals surface area contributed by atoms with Gasteiger partial charge in [0.05, 0.1) is 12.0 Å². The Labute approximate surface area is 188 Å². The van der Waals surface area contributed by atoms with Gasteiger partial charge in [-0.05, 0) is 49.2 Å². The fourth-order valence-electron chi connectivity index (χ4n) is 4.35. The van der Waals surface area contributed by atoms with Gasteiger partial charge in [0.15, 0.2) is 0 Å². The van der Waals surface area contributed by atoms with E-state index in [9.17, 15) is 18.0 Å². The maximum Gasteiger partial charge on any atom is 0.267 e. The van der Waals surface area contributed by atoms with E-state index in [1.807, 2.05) is 30.3 Å². The van der Waals surface area contributed by atoms with Crippen LogP contribution < -0.4 is 9.64 Å². The number of aryl methyl sites for hydroxylation is 1. The number of anilines is 1. The van der Waals surface area contributed by atoms with Crippen LogP contribution in [0.1, 0.15) is 18.4 Å². The van der Waals surface area contributed by atoms with Gasteiger partial charge in [-0.3, -0.25) is 9.59 Å². The van der Waals surface area contributed by atoms with Gasteiger partial charge in [-0.2, -0.15) is 0 Å². The number of nitrogens with zero attached hydrogens (tertiary/aromatic N) is 3. The smallest absolute Gasteiger partial charge is 0.267 e. The van der Waals surface area contributed by atoms with Gasteiger partial charge in [-0.1, -0.05) is 18.2 Å². The summed E-state index contributed by atoms with van der Waals surface area (Å²) in [5.41, 5.74) is 1.73. The number of amides is 2. The number of hydrogen-bond acceptors (Lipinski definition) is 6. The Morgan fingerprint density at radius 1 is 1.03 bits per heavy atom. The van der Waals surface area contributed by atoms with Crippen LogP contribution >= 0.6 is 0 Å². The van der Waals surface area contributed by atoms with Crippen molar-refractivity contribution >= 4 is 27.5 Å². The highest BCUT2D eigenvalue weighted by atomic mass is 32.2. The predicted molar refractivity (Wildman–Crippen MR) is 120 cm³/mol. The maximum absolute atomic E-state index is 13.3. The molecule has 4 rings (SSSR count). The van der Waals surface area contributed by atoms with E-state index in [2.05, 4.69) is 4.90 Å². The van der Waals surface area contributed by atoms with Gasteiger partial charge in [0, 0.05) is 38.3 Å². The predicted octanol–water partition coefficient (Wildman–Crippen LogP) is 2.03. The maximum atomic E-state index is 13.3. The van der Waals surface area contributed by atoms with E-state index in [1.54, 1.807) is 17.9 Å². The third-order valence-corrected chi connectivity index (χ3v) is 7.91. The Morgan fingerprint density at radius 3 is 2.34 bits per heavy atom. The molecule has 2 heterocycles. The minimum Gasteiger partial charge on any atom is -0.496 e. The largest absolute Gasteiger partial charge is 0.496 e. The normalized spacial score (nSPS) is 19.4. The molecule has 2 aromatic rings. The van der Waals surface area contributed by atoms with Crippen LogP contribution in [0.15, 0.2) is 53.4 Å². The molecule has 2 amide bonds. The first kappa shape index (κ1) is 22.1. The quantitative estimate of drug-likeness (QED) is 0.683. The number of piperazine rings is 1. The third-order valence-electron chi connectivity index (χ3n) is 6.08. The number of carbonyl (C=O) groups excluding carboxylic acids is 2. The standard InChI is InChI=1S/C23H27N3O5S/c1-17-16-19(8-10-21(17)31-2)32(29,30)26-20(9-11-22(26)27)23(28)25-14-12-24(13-15-25)18-6-4-3-5-7-18/h3-8,10,16,20H,9,11-15H2,1-2H3/t20-/m1/s1. The topological polar surface area (TPSA) is 87.2 Å². The van der Waals surface area contributed by atoms with Crippen molar-refractivity contribution in [3.05, 3.63) is 54.1 Å². The van der Waals surface area contributed by atoms with E-state index in [1.165, 1.54) is 19.2 Å². The minimum absolute atomic E-state index is 0.0160. The van der Waals surface area contributed by atoms with Crippen LogP contribution in [0.2, 0.25) is 0 Å². The zero-order valence-electron chi connectivity index (χ0n) is 18.2. The van der Waals surface area contributed by atoms with E-state index in [0.717, 1.165) is 9.99 Å². The van der Waals surface area contributed by atoms with Gasteiger partial charge in [0.1, 0.15) is 11.8 Å². The summed E-state index contributed by atoms with van der Waals surface area (Å²) in [5, 5.41) is 0. The molecule has 0 radical (unpaired) electrons. The summed E-state index contributed by atoms with van der Waals surface area (Å²) in [6.07, 6.45) is 0.236. The molecule has 0 unspecified atom stereocenters. The molecule has 0 bridgehead atoms. The van der Waals surface area contributed by atoms with E-state index >= 15 is 0 Å². The number of methoxy groups -OCH3 is 1. The number of para-hydroxylation sites is 1. The van der Waals surface area contributed by atoms with Gasteiger partial charge in [-0.25, -0.2) is 12.7 Å². The Balaban J connectivity index is 1.51. The number of carbonyl (C=O) groups is 2. The molecule has 9 heteroatoms. The second-order valence-electron chi connectivity index (χ2n) is 8.03. The molecule has 32 heavy (non-hydrogen) atoms. The molecule has 0 spiro atoms. The van der Waals surface area contributed by atoms with Crippen LogP contribution in [-0.4, -0.2) is 68.8 Å². The molecule has 170 valence electrons. The van der Waals surface area contributed by atoms with Gasteiger partial charge in [0.2, 0.25) is 11.8 Å². The van der Waals surface area contributed by atoms with Crippen molar-refractivity contribution in [3.63, 3.8) is 0 Å². The lowest BCUT2D eigenvalue weighted by Crippen LogP contribution is -2.55. The fourth-order valence-corrected chi connectivity index (χ4v) is 6.03. The van der Waals surface area contributed by atoms with E-state index < -0.39 is 22.0 Å². The summed E-state index contributed by atoms with van der Waals surface area (Å²) in [7, 11) is -2.64. The first-order valence-corrected chi connectivity index (χ1v) is 12.1. The van der Waals surface area contributed by atoms with Crippen LogP contribution in [0.3, 0.4) is 0 Å². The molecule has 0 aliphatic carbocycles. The lowest BCUT2D eigenvalue weighted by molar-refractivity contribution is -0.138. The molecular weight excluding hydrogens is 430 g/mol. The van der Waals surface area contributed by atoms with E-state index in [4.69, 9.17) is 4.74 Å². The Hall–Kier alpha value is -3.07. The first-order chi connectivity index (χ1) is 15.3. The average Bonchev–Trinajstić information content (AvgIpc) is 3.21. The molecule has 0 saturated carbocycles. The highest BCUT2D eigenvalue weighted by molar-refractivity contribution is 7.89. The first-order valence-electron chi connectivity index (χ1n) is 10.6. The molecule has 1 atom stereocenters. The number of rotatable bonds is 5. The van der Waals surface area contributed by atoms with Crippen molar-refractivity contribution < 1.29 is 22.7 Å². The van der Waals surface area contributed by atoms with Crippen LogP contribution in [0, 0.1) is 6.92 Å². The van der Waals surface area contributed by atoms with Gasteiger partial charge >= 0.3 is 0 Å². The number of sulfonamides is 1. The highest BCUT2D eigenvalue weighted by Gasteiger charge is 2.46. The molecular formula is C23H27N3O5S. The fraction of sp³-hybridized carbons (Fsp3) is 0.391. The molecule has 0 aromatic heterocycles. The minimum atomic E-state index is -4.15. The summed E-state index contributed by atoms with van der Waals surface area (Å²) in [5.74, 6) is -0.294. The summed E-state index contributed by atoms with van der Waals surface area (Å²) >= 11 is 0. The van der Waals surface area contributed by atoms with Gasteiger partial charge < -0.3 is 14.5 Å². The van der Waals surface area contributed by atoms with E-state index in [0.29, 0.717) is 37.5 Å². The van der Waals surface area contributed by atoms with Crippen molar-refractivity contribution in [1.82, 2.24) is 9.21 Å². The van der Waals surface area contributed by atoms with Gasteiger partial charge in [0.25, 0.3) is 10.0 Å². The van der Waals surface area contributed by atoms with Crippen LogP contribution in [0.25, 0.3) is 0 Å². The number of hydrogen-bond donors (Lipinski definition) is 0. The number of ether oxygens (including phenoxy) is 1. The zero-order chi connectivity index (χ0) is 22.9. The molecule has 2 aromatic carbocycles. The van der Waals surface area contributed by atoms with Crippen LogP contribution in [0.4, 0.5) is 5.69 Å². The second kappa shape index (κ2) is 8.82. The third kappa shape index (κ3) is 4.04. The van der Waals surface area contributed by atoms with Crippen molar-refractivity contribution in [3.8, 4) is 5.75 Å². The van der Waals surface area contributed by atoms with Crippen LogP contribution in [-0.2, 0) is 19.6 Å². The summed E-state index contributed by atoms with van der Waals surface area (Å²) in [6, 6.07) is 13.4. The second-order valence-corrected chi connectivity index (χ2v) is 9.84. The van der Waals surface area contributed by atoms with Crippen molar-refractivity contribution in [2.45, 2.75) is 30.7 Å². The lowest BCUT2D eigenvalue weighted by atomic mass is 10.1. The molecule has 2 aliphatic rings. The van der Waals surface area contributed by atoms with Crippen molar-refractivity contribution in [2.24, 2.45) is 0 Å². The Kier molecular flexibility index (Phi) is 6.10. The van der Waals surface area contributed by atoms with E-state index in [-0.39, 0.29) is 23.6 Å². The molecule has 2 saturated heterocycles. The van der Waals surface area contributed by atoms with Crippen molar-refractivity contribution in [2.75, 3.05) is 38.2 Å².